The highest BCUT2D eigenvalue weighted by Gasteiger charge is 2.13. The van der Waals surface area contributed by atoms with Gasteiger partial charge in [-0.05, 0) is 17.2 Å². The van der Waals surface area contributed by atoms with Crippen LogP contribution >= 0.6 is 0 Å². The Kier molecular flexibility index (Phi) is 3.63. The zero-order valence-corrected chi connectivity index (χ0v) is 10.1. The van der Waals surface area contributed by atoms with Gasteiger partial charge < -0.3 is 9.84 Å². The van der Waals surface area contributed by atoms with Crippen molar-refractivity contribution in [3.8, 4) is 16.9 Å². The van der Waals surface area contributed by atoms with Gasteiger partial charge in [-0.1, -0.05) is 42.5 Å². The molecule has 0 aromatic heterocycles. The summed E-state index contributed by atoms with van der Waals surface area (Å²) in [6.45, 7) is 0. The van der Waals surface area contributed by atoms with E-state index in [0.717, 1.165) is 16.7 Å². The van der Waals surface area contributed by atoms with Crippen LogP contribution in [0.15, 0.2) is 48.5 Å². The lowest BCUT2D eigenvalue weighted by Crippen LogP contribution is -2.03. The predicted octanol–water partition coefficient (Wildman–Crippen LogP) is 2.99. The molecule has 0 heterocycles. The molecular weight excluding hydrogens is 228 g/mol. The minimum absolute atomic E-state index is 0.0125. The van der Waals surface area contributed by atoms with Crippen molar-refractivity contribution in [2.45, 2.75) is 6.42 Å². The van der Waals surface area contributed by atoms with Crippen molar-refractivity contribution in [1.29, 1.82) is 0 Å². The highest BCUT2D eigenvalue weighted by Crippen LogP contribution is 2.33. The Morgan fingerprint density at radius 1 is 1.11 bits per heavy atom. The number of ether oxygens (including phenoxy) is 1. The van der Waals surface area contributed by atoms with Crippen LogP contribution in [0.2, 0.25) is 0 Å². The summed E-state index contributed by atoms with van der Waals surface area (Å²) in [4.78, 5) is 10.9. The minimum Gasteiger partial charge on any atom is -0.496 e. The van der Waals surface area contributed by atoms with E-state index in [2.05, 4.69) is 0 Å². The molecule has 0 aliphatic heterocycles. The molecule has 0 saturated carbocycles. The van der Waals surface area contributed by atoms with Crippen molar-refractivity contribution < 1.29 is 14.6 Å². The van der Waals surface area contributed by atoms with Crippen molar-refractivity contribution in [2.24, 2.45) is 0 Å². The normalized spacial score (nSPS) is 10.1. The number of benzene rings is 2. The quantitative estimate of drug-likeness (QED) is 0.896. The summed E-state index contributed by atoms with van der Waals surface area (Å²) in [6, 6.07) is 15.1. The predicted molar refractivity (Wildman–Crippen MR) is 69.8 cm³/mol. The Bertz CT molecular complexity index is 547. The fraction of sp³-hybridized carbons (Fsp3) is 0.133. The zero-order valence-electron chi connectivity index (χ0n) is 10.1. The van der Waals surface area contributed by atoms with Gasteiger partial charge in [0.2, 0.25) is 0 Å². The summed E-state index contributed by atoms with van der Waals surface area (Å²) in [7, 11) is 1.59. The van der Waals surface area contributed by atoms with Gasteiger partial charge in [0, 0.05) is 5.56 Å². The van der Waals surface area contributed by atoms with Gasteiger partial charge in [-0.25, -0.2) is 0 Å². The van der Waals surface area contributed by atoms with Crippen molar-refractivity contribution >= 4 is 5.97 Å². The molecule has 0 unspecified atom stereocenters. The summed E-state index contributed by atoms with van der Waals surface area (Å²) in [5.74, 6) is -0.152. The molecule has 18 heavy (non-hydrogen) atoms. The highest BCUT2D eigenvalue weighted by atomic mass is 16.5. The van der Waals surface area contributed by atoms with Crippen LogP contribution in [-0.4, -0.2) is 18.2 Å². The van der Waals surface area contributed by atoms with Crippen LogP contribution in [0.3, 0.4) is 0 Å². The highest BCUT2D eigenvalue weighted by molar-refractivity contribution is 5.80. The third-order valence-corrected chi connectivity index (χ3v) is 2.74. The molecule has 3 heteroatoms. The Hall–Kier alpha value is -2.29. The van der Waals surface area contributed by atoms with Crippen LogP contribution < -0.4 is 4.74 Å². The van der Waals surface area contributed by atoms with Crippen molar-refractivity contribution in [3.05, 3.63) is 54.1 Å². The molecule has 2 aromatic rings. The van der Waals surface area contributed by atoms with Crippen LogP contribution in [0, 0.1) is 0 Å². The number of aliphatic carboxylic acids is 1. The monoisotopic (exact) mass is 242 g/mol. The summed E-state index contributed by atoms with van der Waals surface area (Å²) >= 11 is 0. The molecule has 0 radical (unpaired) electrons. The van der Waals surface area contributed by atoms with Crippen LogP contribution in [0.4, 0.5) is 0 Å². The first-order valence-corrected chi connectivity index (χ1v) is 5.65. The maximum Gasteiger partial charge on any atom is 0.307 e. The van der Waals surface area contributed by atoms with Gasteiger partial charge in [0.15, 0.2) is 0 Å². The molecule has 0 saturated heterocycles. The number of carboxylic acids is 1. The van der Waals surface area contributed by atoms with E-state index in [1.165, 1.54) is 0 Å². The maximum atomic E-state index is 10.9. The van der Waals surface area contributed by atoms with E-state index < -0.39 is 5.97 Å². The van der Waals surface area contributed by atoms with Crippen molar-refractivity contribution in [2.75, 3.05) is 7.11 Å². The second kappa shape index (κ2) is 5.36. The van der Waals surface area contributed by atoms with Gasteiger partial charge in [0.1, 0.15) is 5.75 Å². The summed E-state index contributed by atoms with van der Waals surface area (Å²) in [5, 5.41) is 8.96. The molecule has 3 nitrogen and oxygen atoms in total. The number of hydrogen-bond donors (Lipinski definition) is 1. The van der Waals surface area contributed by atoms with Gasteiger partial charge in [-0.3, -0.25) is 4.79 Å². The van der Waals surface area contributed by atoms with Crippen molar-refractivity contribution in [3.63, 3.8) is 0 Å². The molecule has 1 N–H and O–H groups in total. The van der Waals surface area contributed by atoms with E-state index in [1.807, 2.05) is 48.5 Å². The van der Waals surface area contributed by atoms with Gasteiger partial charge in [0.25, 0.3) is 0 Å². The lowest BCUT2D eigenvalue weighted by atomic mass is 9.96. The van der Waals surface area contributed by atoms with E-state index in [9.17, 15) is 4.79 Å². The third-order valence-electron chi connectivity index (χ3n) is 2.74. The average Bonchev–Trinajstić information content (AvgIpc) is 2.38. The van der Waals surface area contributed by atoms with Gasteiger partial charge in [-0.2, -0.15) is 0 Å². The van der Waals surface area contributed by atoms with E-state index in [1.54, 1.807) is 7.11 Å². The van der Waals surface area contributed by atoms with Gasteiger partial charge in [-0.15, -0.1) is 0 Å². The molecule has 2 aromatic carbocycles. The fourth-order valence-electron chi connectivity index (χ4n) is 1.99. The first-order chi connectivity index (χ1) is 8.72. The summed E-state index contributed by atoms with van der Waals surface area (Å²) in [6.07, 6.45) is -0.0125. The molecule has 0 aliphatic rings. The lowest BCUT2D eigenvalue weighted by molar-refractivity contribution is -0.136. The SMILES string of the molecule is COc1cccc(CC(=O)O)c1-c1ccccc1. The molecule has 0 atom stereocenters. The second-order valence-corrected chi connectivity index (χ2v) is 3.93. The van der Waals surface area contributed by atoms with Crippen LogP contribution in [0.5, 0.6) is 5.75 Å². The summed E-state index contributed by atoms with van der Waals surface area (Å²) in [5.41, 5.74) is 2.57. The van der Waals surface area contributed by atoms with E-state index >= 15 is 0 Å². The van der Waals surface area contributed by atoms with Crippen LogP contribution in [-0.2, 0) is 11.2 Å². The molecule has 0 amide bonds. The standard InChI is InChI=1S/C15H14O3/c1-18-13-9-5-8-12(10-14(16)17)15(13)11-6-3-2-4-7-11/h2-9H,10H2,1H3,(H,16,17). The number of carboxylic acid groups (broad SMARTS) is 1. The largest absolute Gasteiger partial charge is 0.496 e. The smallest absolute Gasteiger partial charge is 0.307 e. The number of hydrogen-bond acceptors (Lipinski definition) is 2. The van der Waals surface area contributed by atoms with E-state index in [-0.39, 0.29) is 6.42 Å². The second-order valence-electron chi connectivity index (χ2n) is 3.93. The van der Waals surface area contributed by atoms with E-state index in [0.29, 0.717) is 5.75 Å². The molecule has 0 bridgehead atoms. The molecule has 92 valence electrons. The zero-order chi connectivity index (χ0) is 13.0. The molecular formula is C15H14O3. The van der Waals surface area contributed by atoms with E-state index in [4.69, 9.17) is 9.84 Å². The maximum absolute atomic E-state index is 10.9. The molecule has 2 rings (SSSR count). The summed E-state index contributed by atoms with van der Waals surface area (Å²) < 4.78 is 5.33. The Balaban J connectivity index is 2.58. The number of methoxy groups -OCH3 is 1. The van der Waals surface area contributed by atoms with Crippen LogP contribution in [0.25, 0.3) is 11.1 Å². The van der Waals surface area contributed by atoms with Crippen LogP contribution in [0.1, 0.15) is 5.56 Å². The first kappa shape index (κ1) is 12.2. The topological polar surface area (TPSA) is 46.5 Å². The first-order valence-electron chi connectivity index (χ1n) is 5.65. The van der Waals surface area contributed by atoms with Gasteiger partial charge in [0.05, 0.1) is 13.5 Å². The van der Waals surface area contributed by atoms with Gasteiger partial charge >= 0.3 is 5.97 Å². The molecule has 0 spiro atoms. The fourth-order valence-corrected chi connectivity index (χ4v) is 1.99. The third kappa shape index (κ3) is 2.51. The van der Waals surface area contributed by atoms with Crippen molar-refractivity contribution in [1.82, 2.24) is 0 Å². The Labute approximate surface area is 106 Å². The number of rotatable bonds is 4. The average molecular weight is 242 g/mol. The minimum atomic E-state index is -0.847. The Morgan fingerprint density at radius 2 is 1.83 bits per heavy atom. The molecule has 0 aliphatic carbocycles. The molecule has 0 fully saturated rings. The number of carbonyl (C=O) groups is 1. The Morgan fingerprint density at radius 3 is 2.44 bits per heavy atom. The lowest BCUT2D eigenvalue weighted by Gasteiger charge is -2.13.